The SMILES string of the molecule is C#CCN(Cc1nccn1CC)C1CCc2ccccc21. The molecule has 1 heterocycles. The van der Waals surface area contributed by atoms with Gasteiger partial charge >= 0.3 is 0 Å². The van der Waals surface area contributed by atoms with Crippen LogP contribution in [0.25, 0.3) is 0 Å². The lowest BCUT2D eigenvalue weighted by Gasteiger charge is -2.27. The van der Waals surface area contributed by atoms with Gasteiger partial charge in [0, 0.05) is 25.0 Å². The molecule has 0 N–H and O–H groups in total. The maximum absolute atomic E-state index is 5.60. The number of rotatable bonds is 5. The molecule has 0 fully saturated rings. The van der Waals surface area contributed by atoms with Crippen molar-refractivity contribution in [2.75, 3.05) is 6.54 Å². The van der Waals surface area contributed by atoms with Crippen LogP contribution < -0.4 is 0 Å². The van der Waals surface area contributed by atoms with Crippen LogP contribution in [0.4, 0.5) is 0 Å². The van der Waals surface area contributed by atoms with Crippen LogP contribution in [0.5, 0.6) is 0 Å². The van der Waals surface area contributed by atoms with Crippen molar-refractivity contribution in [1.82, 2.24) is 14.5 Å². The predicted octanol–water partition coefficient (Wildman–Crippen LogP) is 3.03. The molecule has 1 aromatic heterocycles. The number of aromatic nitrogens is 2. The van der Waals surface area contributed by atoms with E-state index in [-0.39, 0.29) is 0 Å². The van der Waals surface area contributed by atoms with Crippen LogP contribution in [-0.4, -0.2) is 21.0 Å². The summed E-state index contributed by atoms with van der Waals surface area (Å²) >= 11 is 0. The van der Waals surface area contributed by atoms with E-state index in [1.807, 2.05) is 12.4 Å². The molecular formula is C18H21N3. The number of aryl methyl sites for hydroxylation is 2. The summed E-state index contributed by atoms with van der Waals surface area (Å²) in [6, 6.07) is 9.13. The third-order valence-electron chi connectivity index (χ3n) is 4.32. The lowest BCUT2D eigenvalue weighted by molar-refractivity contribution is 0.205. The molecule has 1 atom stereocenters. The summed E-state index contributed by atoms with van der Waals surface area (Å²) in [5.74, 6) is 3.91. The van der Waals surface area contributed by atoms with E-state index in [0.29, 0.717) is 12.6 Å². The summed E-state index contributed by atoms with van der Waals surface area (Å²) in [7, 11) is 0. The fraction of sp³-hybridized carbons (Fsp3) is 0.389. The van der Waals surface area contributed by atoms with Crippen LogP contribution in [0.15, 0.2) is 36.7 Å². The molecular weight excluding hydrogens is 258 g/mol. The van der Waals surface area contributed by atoms with Crippen molar-refractivity contribution >= 4 is 0 Å². The highest BCUT2D eigenvalue weighted by molar-refractivity contribution is 5.34. The average Bonchev–Trinajstić information content (AvgIpc) is 3.12. The average molecular weight is 279 g/mol. The van der Waals surface area contributed by atoms with E-state index in [2.05, 4.69) is 51.6 Å². The van der Waals surface area contributed by atoms with Gasteiger partial charge in [0.1, 0.15) is 5.82 Å². The maximum Gasteiger partial charge on any atom is 0.122 e. The second-order valence-electron chi connectivity index (χ2n) is 5.49. The zero-order valence-corrected chi connectivity index (χ0v) is 12.5. The third-order valence-corrected chi connectivity index (χ3v) is 4.32. The van der Waals surface area contributed by atoms with Gasteiger partial charge in [-0.25, -0.2) is 4.98 Å². The largest absolute Gasteiger partial charge is 0.334 e. The quantitative estimate of drug-likeness (QED) is 0.784. The third kappa shape index (κ3) is 2.72. The maximum atomic E-state index is 5.60. The molecule has 0 spiro atoms. The molecule has 108 valence electrons. The molecule has 0 radical (unpaired) electrons. The minimum Gasteiger partial charge on any atom is -0.334 e. The summed E-state index contributed by atoms with van der Waals surface area (Å²) < 4.78 is 2.18. The standard InChI is InChI=1S/C18H21N3/c1-3-12-21(14-18-19-11-13-20(18)4-2)17-10-9-15-7-5-6-8-16(15)17/h1,5-8,11,13,17H,4,9-10,12,14H2,2H3. The van der Waals surface area contributed by atoms with Gasteiger partial charge in [-0.3, -0.25) is 4.90 Å². The molecule has 1 aliphatic carbocycles. The van der Waals surface area contributed by atoms with E-state index >= 15 is 0 Å². The molecule has 21 heavy (non-hydrogen) atoms. The van der Waals surface area contributed by atoms with E-state index in [1.54, 1.807) is 0 Å². The fourth-order valence-electron chi connectivity index (χ4n) is 3.27. The zero-order chi connectivity index (χ0) is 14.7. The van der Waals surface area contributed by atoms with Crippen LogP contribution in [0.2, 0.25) is 0 Å². The number of hydrogen-bond acceptors (Lipinski definition) is 2. The first-order valence-electron chi connectivity index (χ1n) is 7.58. The Bertz CT molecular complexity index is 650. The first-order chi connectivity index (χ1) is 10.3. The second kappa shape index (κ2) is 6.15. The highest BCUT2D eigenvalue weighted by Gasteiger charge is 2.27. The molecule has 1 aliphatic rings. The van der Waals surface area contributed by atoms with Gasteiger partial charge in [-0.2, -0.15) is 0 Å². The topological polar surface area (TPSA) is 21.1 Å². The normalized spacial score (nSPS) is 16.9. The molecule has 0 saturated heterocycles. The van der Waals surface area contributed by atoms with Crippen molar-refractivity contribution in [2.45, 2.75) is 38.9 Å². The Balaban J connectivity index is 1.85. The summed E-state index contributed by atoms with van der Waals surface area (Å²) in [4.78, 5) is 6.86. The van der Waals surface area contributed by atoms with Gasteiger partial charge in [-0.15, -0.1) is 6.42 Å². The van der Waals surface area contributed by atoms with Gasteiger partial charge in [0.2, 0.25) is 0 Å². The van der Waals surface area contributed by atoms with E-state index in [9.17, 15) is 0 Å². The number of nitrogens with zero attached hydrogens (tertiary/aromatic N) is 3. The minimum atomic E-state index is 0.416. The summed E-state index contributed by atoms with van der Waals surface area (Å²) in [6.07, 6.45) is 11.8. The minimum absolute atomic E-state index is 0.416. The second-order valence-corrected chi connectivity index (χ2v) is 5.49. The number of fused-ring (bicyclic) bond motifs is 1. The Morgan fingerprint density at radius 2 is 2.29 bits per heavy atom. The molecule has 3 heteroatoms. The Kier molecular flexibility index (Phi) is 4.08. The molecule has 0 saturated carbocycles. The summed E-state index contributed by atoms with van der Waals surface area (Å²) in [5.41, 5.74) is 2.89. The number of hydrogen-bond donors (Lipinski definition) is 0. The molecule has 3 nitrogen and oxygen atoms in total. The lowest BCUT2D eigenvalue weighted by atomic mass is 10.1. The van der Waals surface area contributed by atoms with Gasteiger partial charge in [0.15, 0.2) is 0 Å². The first-order valence-corrected chi connectivity index (χ1v) is 7.58. The highest BCUT2D eigenvalue weighted by Crippen LogP contribution is 2.36. The smallest absolute Gasteiger partial charge is 0.122 e. The molecule has 1 unspecified atom stereocenters. The first kappa shape index (κ1) is 13.9. The molecule has 3 rings (SSSR count). The van der Waals surface area contributed by atoms with Crippen molar-refractivity contribution < 1.29 is 0 Å². The fourth-order valence-corrected chi connectivity index (χ4v) is 3.27. The van der Waals surface area contributed by atoms with Crippen LogP contribution in [-0.2, 0) is 19.5 Å². The zero-order valence-electron chi connectivity index (χ0n) is 12.5. The van der Waals surface area contributed by atoms with E-state index in [0.717, 1.165) is 31.8 Å². The van der Waals surface area contributed by atoms with Crippen molar-refractivity contribution in [2.24, 2.45) is 0 Å². The van der Waals surface area contributed by atoms with Crippen LogP contribution in [0.1, 0.15) is 36.3 Å². The van der Waals surface area contributed by atoms with E-state index in [1.165, 1.54) is 11.1 Å². The van der Waals surface area contributed by atoms with Gasteiger partial charge < -0.3 is 4.57 Å². The van der Waals surface area contributed by atoms with Crippen LogP contribution in [0.3, 0.4) is 0 Å². The molecule has 2 aromatic rings. The van der Waals surface area contributed by atoms with Crippen LogP contribution in [0, 0.1) is 12.3 Å². The number of terminal acetylenes is 1. The highest BCUT2D eigenvalue weighted by atomic mass is 15.2. The van der Waals surface area contributed by atoms with Crippen molar-refractivity contribution in [3.8, 4) is 12.3 Å². The molecule has 0 amide bonds. The number of imidazole rings is 1. The van der Waals surface area contributed by atoms with Gasteiger partial charge in [0.05, 0.1) is 13.1 Å². The molecule has 1 aromatic carbocycles. The van der Waals surface area contributed by atoms with Crippen molar-refractivity contribution in [3.63, 3.8) is 0 Å². The van der Waals surface area contributed by atoms with E-state index < -0.39 is 0 Å². The Morgan fingerprint density at radius 1 is 1.43 bits per heavy atom. The predicted molar refractivity (Wildman–Crippen MR) is 84.6 cm³/mol. The van der Waals surface area contributed by atoms with Crippen LogP contribution >= 0.6 is 0 Å². The molecule has 0 aliphatic heterocycles. The van der Waals surface area contributed by atoms with Gasteiger partial charge in [-0.1, -0.05) is 30.2 Å². The van der Waals surface area contributed by atoms with Gasteiger partial charge in [0.25, 0.3) is 0 Å². The van der Waals surface area contributed by atoms with E-state index in [4.69, 9.17) is 6.42 Å². The number of benzene rings is 1. The lowest BCUT2D eigenvalue weighted by Crippen LogP contribution is -2.29. The Morgan fingerprint density at radius 3 is 3.10 bits per heavy atom. The summed E-state index contributed by atoms with van der Waals surface area (Å²) in [5, 5.41) is 0. The summed E-state index contributed by atoms with van der Waals surface area (Å²) in [6.45, 7) is 4.56. The van der Waals surface area contributed by atoms with Gasteiger partial charge in [-0.05, 0) is 30.9 Å². The Hall–Kier alpha value is -2.05. The molecule has 0 bridgehead atoms. The van der Waals surface area contributed by atoms with Crippen molar-refractivity contribution in [3.05, 3.63) is 53.6 Å². The monoisotopic (exact) mass is 279 g/mol. The van der Waals surface area contributed by atoms with Crippen molar-refractivity contribution in [1.29, 1.82) is 0 Å². The Labute approximate surface area is 126 Å².